The molecule has 1 N–H and O–H groups in total. The molecule has 1 amide bonds. The van der Waals surface area contributed by atoms with Crippen LogP contribution in [-0.4, -0.2) is 29.1 Å². The maximum Gasteiger partial charge on any atom is 0.244 e. The van der Waals surface area contributed by atoms with Gasteiger partial charge in [0.2, 0.25) is 5.91 Å². The number of aromatic nitrogens is 2. The van der Waals surface area contributed by atoms with Gasteiger partial charge in [-0.05, 0) is 34.9 Å². The van der Waals surface area contributed by atoms with Gasteiger partial charge < -0.3 is 14.6 Å². The lowest BCUT2D eigenvalue weighted by atomic mass is 10.0. The zero-order valence-corrected chi connectivity index (χ0v) is 17.7. The number of nitrogens with zero attached hydrogens (tertiary/aromatic N) is 2. The van der Waals surface area contributed by atoms with Gasteiger partial charge in [0, 0.05) is 32.2 Å². The number of fused-ring (bicyclic) bond motifs is 1. The van der Waals surface area contributed by atoms with Gasteiger partial charge in [-0.2, -0.15) is 0 Å². The van der Waals surface area contributed by atoms with Crippen LogP contribution >= 0.6 is 0 Å². The van der Waals surface area contributed by atoms with Gasteiger partial charge >= 0.3 is 0 Å². The van der Waals surface area contributed by atoms with Gasteiger partial charge in [0.15, 0.2) is 0 Å². The van der Waals surface area contributed by atoms with E-state index in [0.29, 0.717) is 13.0 Å². The molecule has 0 radical (unpaired) electrons. The number of carbonyl (C=O) groups excluding carboxylic acids is 1. The summed E-state index contributed by atoms with van der Waals surface area (Å²) in [6, 6.07) is 24.2. The van der Waals surface area contributed by atoms with E-state index in [1.807, 2.05) is 66.2 Å². The van der Waals surface area contributed by atoms with Crippen LogP contribution in [0.5, 0.6) is 5.75 Å². The van der Waals surface area contributed by atoms with E-state index in [1.54, 1.807) is 13.2 Å². The smallest absolute Gasteiger partial charge is 0.244 e. The van der Waals surface area contributed by atoms with Crippen LogP contribution in [0.1, 0.15) is 11.4 Å². The van der Waals surface area contributed by atoms with E-state index in [9.17, 15) is 4.79 Å². The summed E-state index contributed by atoms with van der Waals surface area (Å²) in [6.07, 6.45) is 4.04. The number of hydrogen-bond donors (Lipinski definition) is 1. The topological polar surface area (TPSA) is 56.1 Å². The molecule has 3 aromatic carbocycles. The van der Waals surface area contributed by atoms with Crippen molar-refractivity contribution in [2.45, 2.75) is 6.42 Å². The Labute approximate surface area is 182 Å². The Morgan fingerprint density at radius 3 is 2.52 bits per heavy atom. The summed E-state index contributed by atoms with van der Waals surface area (Å²) in [5.41, 5.74) is 5.25. The average molecular weight is 412 g/mol. The molecular formula is C26H25N3O2. The van der Waals surface area contributed by atoms with Gasteiger partial charge in [-0.3, -0.25) is 4.79 Å². The molecule has 0 saturated heterocycles. The fourth-order valence-corrected chi connectivity index (χ4v) is 3.53. The number of benzene rings is 3. The Bertz CT molecular complexity index is 1210. The molecule has 0 atom stereocenters. The van der Waals surface area contributed by atoms with E-state index in [2.05, 4.69) is 34.6 Å². The second kappa shape index (κ2) is 9.30. The molecule has 4 rings (SSSR count). The van der Waals surface area contributed by atoms with Crippen LogP contribution in [0.4, 0.5) is 0 Å². The zero-order valence-electron chi connectivity index (χ0n) is 17.7. The maximum atomic E-state index is 12.2. The Hall–Kier alpha value is -3.86. The van der Waals surface area contributed by atoms with Crippen LogP contribution in [0.15, 0.2) is 78.9 Å². The van der Waals surface area contributed by atoms with Crippen molar-refractivity contribution < 1.29 is 9.53 Å². The van der Waals surface area contributed by atoms with Crippen molar-refractivity contribution in [1.29, 1.82) is 0 Å². The lowest BCUT2D eigenvalue weighted by Crippen LogP contribution is -2.24. The number of hydrogen-bond acceptors (Lipinski definition) is 3. The van der Waals surface area contributed by atoms with Gasteiger partial charge in [-0.1, -0.05) is 54.6 Å². The molecule has 1 heterocycles. The molecule has 5 nitrogen and oxygen atoms in total. The molecule has 156 valence electrons. The first-order valence-corrected chi connectivity index (χ1v) is 10.2. The number of rotatable bonds is 7. The minimum absolute atomic E-state index is 0.118. The monoisotopic (exact) mass is 411 g/mol. The van der Waals surface area contributed by atoms with Crippen LogP contribution in [0.2, 0.25) is 0 Å². The first kappa shape index (κ1) is 20.4. The lowest BCUT2D eigenvalue weighted by Gasteiger charge is -2.04. The third-order valence-corrected chi connectivity index (χ3v) is 5.27. The number of carbonyl (C=O) groups is 1. The van der Waals surface area contributed by atoms with Crippen LogP contribution in [0, 0.1) is 0 Å². The van der Waals surface area contributed by atoms with E-state index >= 15 is 0 Å². The SMILES string of the molecule is COc1ccc2c(c1)nc(CCNC(=O)/C=C/c1ccc(-c3ccccc3)cc1)n2C. The predicted molar refractivity (Wildman–Crippen MR) is 125 cm³/mol. The summed E-state index contributed by atoms with van der Waals surface area (Å²) in [5, 5.41) is 2.93. The van der Waals surface area contributed by atoms with Gasteiger partial charge in [0.25, 0.3) is 0 Å². The summed E-state index contributed by atoms with van der Waals surface area (Å²) in [5.74, 6) is 1.59. The first-order chi connectivity index (χ1) is 15.1. The number of amides is 1. The summed E-state index contributed by atoms with van der Waals surface area (Å²) >= 11 is 0. The van der Waals surface area contributed by atoms with Crippen molar-refractivity contribution in [1.82, 2.24) is 14.9 Å². The molecule has 0 aliphatic heterocycles. The van der Waals surface area contributed by atoms with E-state index in [1.165, 1.54) is 5.56 Å². The fraction of sp³-hybridized carbons (Fsp3) is 0.154. The van der Waals surface area contributed by atoms with Crippen molar-refractivity contribution >= 4 is 23.0 Å². The molecule has 0 fully saturated rings. The number of ether oxygens (including phenoxy) is 1. The molecular weight excluding hydrogens is 386 g/mol. The van der Waals surface area contributed by atoms with E-state index in [0.717, 1.165) is 33.7 Å². The van der Waals surface area contributed by atoms with Crippen molar-refractivity contribution in [3.05, 3.63) is 90.3 Å². The second-order valence-corrected chi connectivity index (χ2v) is 7.30. The van der Waals surface area contributed by atoms with Crippen molar-refractivity contribution in [3.8, 4) is 16.9 Å². The molecule has 0 unspecified atom stereocenters. The Morgan fingerprint density at radius 2 is 1.77 bits per heavy atom. The van der Waals surface area contributed by atoms with Gasteiger partial charge in [-0.25, -0.2) is 4.98 Å². The number of imidazole rings is 1. The molecule has 1 aromatic heterocycles. The number of nitrogens with one attached hydrogen (secondary N) is 1. The molecule has 0 saturated carbocycles. The highest BCUT2D eigenvalue weighted by atomic mass is 16.5. The molecule has 0 bridgehead atoms. The van der Waals surface area contributed by atoms with Crippen molar-refractivity contribution in [2.24, 2.45) is 7.05 Å². The Kier molecular flexibility index (Phi) is 6.13. The summed E-state index contributed by atoms with van der Waals surface area (Å²) < 4.78 is 7.31. The largest absolute Gasteiger partial charge is 0.497 e. The first-order valence-electron chi connectivity index (χ1n) is 10.2. The Balaban J connectivity index is 1.32. The van der Waals surface area contributed by atoms with E-state index in [4.69, 9.17) is 4.74 Å². The summed E-state index contributed by atoms with van der Waals surface area (Å²) in [7, 11) is 3.63. The van der Waals surface area contributed by atoms with Gasteiger partial charge in [0.1, 0.15) is 11.6 Å². The van der Waals surface area contributed by atoms with Crippen LogP contribution in [0.25, 0.3) is 28.2 Å². The van der Waals surface area contributed by atoms with Gasteiger partial charge in [0.05, 0.1) is 18.1 Å². The minimum Gasteiger partial charge on any atom is -0.497 e. The highest BCUT2D eigenvalue weighted by Gasteiger charge is 2.09. The lowest BCUT2D eigenvalue weighted by molar-refractivity contribution is -0.116. The zero-order chi connectivity index (χ0) is 21.6. The minimum atomic E-state index is -0.118. The van der Waals surface area contributed by atoms with Crippen LogP contribution in [-0.2, 0) is 18.3 Å². The number of methoxy groups -OCH3 is 1. The van der Waals surface area contributed by atoms with E-state index < -0.39 is 0 Å². The molecule has 0 aliphatic rings. The average Bonchev–Trinajstić information content (AvgIpc) is 3.13. The predicted octanol–water partition coefficient (Wildman–Crippen LogP) is 4.62. The third-order valence-electron chi connectivity index (χ3n) is 5.27. The number of aryl methyl sites for hydroxylation is 1. The fourth-order valence-electron chi connectivity index (χ4n) is 3.53. The standard InChI is InChI=1S/C26H25N3O2/c1-29-24-14-13-22(31-2)18-23(24)28-25(29)16-17-27-26(30)15-10-19-8-11-21(12-9-19)20-6-4-3-5-7-20/h3-15,18H,16-17H2,1-2H3,(H,27,30)/b15-10+. The Morgan fingerprint density at radius 1 is 1.03 bits per heavy atom. The molecule has 4 aromatic rings. The van der Waals surface area contributed by atoms with Crippen LogP contribution in [0.3, 0.4) is 0 Å². The summed E-state index contributed by atoms with van der Waals surface area (Å²) in [6.45, 7) is 0.518. The quantitative estimate of drug-likeness (QED) is 0.452. The van der Waals surface area contributed by atoms with Crippen LogP contribution < -0.4 is 10.1 Å². The molecule has 0 spiro atoms. The van der Waals surface area contributed by atoms with E-state index in [-0.39, 0.29) is 5.91 Å². The normalized spacial score (nSPS) is 11.2. The second-order valence-electron chi connectivity index (χ2n) is 7.30. The summed E-state index contributed by atoms with van der Waals surface area (Å²) in [4.78, 5) is 16.9. The maximum absolute atomic E-state index is 12.2. The van der Waals surface area contributed by atoms with Crippen molar-refractivity contribution in [2.75, 3.05) is 13.7 Å². The molecule has 0 aliphatic carbocycles. The highest BCUT2D eigenvalue weighted by molar-refractivity contribution is 5.91. The van der Waals surface area contributed by atoms with Gasteiger partial charge in [-0.15, -0.1) is 0 Å². The third kappa shape index (κ3) is 4.83. The molecule has 31 heavy (non-hydrogen) atoms. The highest BCUT2D eigenvalue weighted by Crippen LogP contribution is 2.21. The molecule has 5 heteroatoms. The van der Waals surface area contributed by atoms with Crippen molar-refractivity contribution in [3.63, 3.8) is 0 Å².